The maximum atomic E-state index is 11.1. The molecule has 1 heterocycles. The van der Waals surface area contributed by atoms with E-state index in [0.29, 0.717) is 10.7 Å². The molecule has 0 fully saturated rings. The first-order valence-electron chi connectivity index (χ1n) is 5.83. The summed E-state index contributed by atoms with van der Waals surface area (Å²) in [7, 11) is 0. The number of carbonyl (C=O) groups is 1. The van der Waals surface area contributed by atoms with Crippen LogP contribution < -0.4 is 5.32 Å². The summed E-state index contributed by atoms with van der Waals surface area (Å²) in [6, 6.07) is 8.20. The van der Waals surface area contributed by atoms with Gasteiger partial charge in [0.2, 0.25) is 0 Å². The number of aryl methyl sites for hydroxylation is 1. The molecule has 0 radical (unpaired) electrons. The molecule has 0 spiro atoms. The van der Waals surface area contributed by atoms with Crippen molar-refractivity contribution < 1.29 is 14.3 Å². The van der Waals surface area contributed by atoms with E-state index in [0.717, 1.165) is 11.5 Å². The van der Waals surface area contributed by atoms with Gasteiger partial charge in [0.25, 0.3) is 0 Å². The fourth-order valence-corrected chi connectivity index (χ4v) is 1.99. The number of benzene rings is 1. The number of halogens is 1. The van der Waals surface area contributed by atoms with Crippen LogP contribution in [0.15, 0.2) is 34.7 Å². The number of nitrogens with one attached hydrogen (secondary N) is 1. The van der Waals surface area contributed by atoms with Crippen LogP contribution in [0.3, 0.4) is 0 Å². The summed E-state index contributed by atoms with van der Waals surface area (Å²) in [6.07, 6.45) is 0. The van der Waals surface area contributed by atoms with Crippen molar-refractivity contribution in [3.63, 3.8) is 0 Å². The molecule has 0 aliphatic rings. The summed E-state index contributed by atoms with van der Waals surface area (Å²) in [5.41, 5.74) is 0.654. The molecule has 0 aliphatic heterocycles. The molecular formula is C14H14ClNO3. The van der Waals surface area contributed by atoms with Gasteiger partial charge in [0, 0.05) is 5.02 Å². The van der Waals surface area contributed by atoms with Gasteiger partial charge in [-0.25, -0.2) is 4.79 Å². The molecule has 2 rings (SSSR count). The van der Waals surface area contributed by atoms with Gasteiger partial charge >= 0.3 is 5.97 Å². The second-order valence-corrected chi connectivity index (χ2v) is 4.75. The minimum absolute atomic E-state index is 0.148. The Morgan fingerprint density at radius 2 is 2.11 bits per heavy atom. The zero-order valence-electron chi connectivity index (χ0n) is 10.6. The van der Waals surface area contributed by atoms with Crippen molar-refractivity contribution in [2.75, 3.05) is 5.32 Å². The second-order valence-electron chi connectivity index (χ2n) is 4.31. The van der Waals surface area contributed by atoms with E-state index in [1.165, 1.54) is 6.07 Å². The Balaban J connectivity index is 2.27. The molecule has 0 saturated carbocycles. The number of hydrogen-bond donors (Lipinski definition) is 2. The van der Waals surface area contributed by atoms with Crippen LogP contribution in [0.1, 0.15) is 34.8 Å². The summed E-state index contributed by atoms with van der Waals surface area (Å²) in [5, 5.41) is 12.7. The molecule has 0 bridgehead atoms. The molecule has 2 N–H and O–H groups in total. The fraction of sp³-hybridized carbons (Fsp3) is 0.214. The minimum atomic E-state index is -0.998. The Morgan fingerprint density at radius 3 is 2.68 bits per heavy atom. The lowest BCUT2D eigenvalue weighted by Crippen LogP contribution is -2.10. The van der Waals surface area contributed by atoms with Gasteiger partial charge in [-0.1, -0.05) is 11.6 Å². The van der Waals surface area contributed by atoms with Crippen LogP contribution in [0, 0.1) is 6.92 Å². The molecule has 1 atom stereocenters. The average molecular weight is 280 g/mol. The summed E-state index contributed by atoms with van der Waals surface area (Å²) in [6.45, 7) is 3.75. The van der Waals surface area contributed by atoms with Crippen LogP contribution >= 0.6 is 11.6 Å². The van der Waals surface area contributed by atoms with E-state index in [2.05, 4.69) is 5.32 Å². The normalized spacial score (nSPS) is 12.2. The highest BCUT2D eigenvalue weighted by atomic mass is 35.5. The predicted octanol–water partition coefficient (Wildman–Crippen LogP) is 4.11. The maximum Gasteiger partial charge on any atom is 0.337 e. The molecule has 19 heavy (non-hydrogen) atoms. The van der Waals surface area contributed by atoms with Gasteiger partial charge in [-0.15, -0.1) is 0 Å². The zero-order chi connectivity index (χ0) is 14.0. The van der Waals surface area contributed by atoms with Crippen molar-refractivity contribution in [1.29, 1.82) is 0 Å². The lowest BCUT2D eigenvalue weighted by Gasteiger charge is -2.15. The van der Waals surface area contributed by atoms with Gasteiger partial charge < -0.3 is 14.8 Å². The monoisotopic (exact) mass is 279 g/mol. The molecule has 4 nitrogen and oxygen atoms in total. The number of carboxylic acid groups (broad SMARTS) is 1. The third kappa shape index (κ3) is 3.09. The molecule has 100 valence electrons. The van der Waals surface area contributed by atoms with Crippen LogP contribution in [-0.2, 0) is 0 Å². The summed E-state index contributed by atoms with van der Waals surface area (Å²) in [5.74, 6) is 0.559. The molecule has 0 saturated heterocycles. The van der Waals surface area contributed by atoms with Gasteiger partial charge in [0.05, 0.1) is 17.3 Å². The van der Waals surface area contributed by atoms with E-state index < -0.39 is 5.97 Å². The van der Waals surface area contributed by atoms with Crippen LogP contribution in [0.2, 0.25) is 5.02 Å². The van der Waals surface area contributed by atoms with Gasteiger partial charge in [0.15, 0.2) is 0 Å². The predicted molar refractivity (Wildman–Crippen MR) is 73.9 cm³/mol. The van der Waals surface area contributed by atoms with Gasteiger partial charge in [-0.05, 0) is 44.2 Å². The van der Waals surface area contributed by atoms with Crippen molar-refractivity contribution in [1.82, 2.24) is 0 Å². The molecule has 5 heteroatoms. The largest absolute Gasteiger partial charge is 0.478 e. The average Bonchev–Trinajstić information content (AvgIpc) is 2.75. The van der Waals surface area contributed by atoms with Crippen molar-refractivity contribution in [3.05, 3.63) is 52.4 Å². The highest BCUT2D eigenvalue weighted by molar-refractivity contribution is 6.31. The molecule has 1 aromatic heterocycles. The number of furan rings is 1. The van der Waals surface area contributed by atoms with Gasteiger partial charge in [0.1, 0.15) is 11.5 Å². The number of aromatic carboxylic acids is 1. The lowest BCUT2D eigenvalue weighted by atomic mass is 10.1. The number of carboxylic acids is 1. The minimum Gasteiger partial charge on any atom is -0.478 e. The van der Waals surface area contributed by atoms with Gasteiger partial charge in [-0.2, -0.15) is 0 Å². The topological polar surface area (TPSA) is 62.5 Å². The molecule has 1 unspecified atom stereocenters. The highest BCUT2D eigenvalue weighted by Crippen LogP contribution is 2.26. The van der Waals surface area contributed by atoms with E-state index in [-0.39, 0.29) is 11.6 Å². The fourth-order valence-electron chi connectivity index (χ4n) is 1.81. The molecule has 1 aromatic carbocycles. The van der Waals surface area contributed by atoms with E-state index in [9.17, 15) is 4.79 Å². The Bertz CT molecular complexity index is 606. The Labute approximate surface area is 116 Å². The summed E-state index contributed by atoms with van der Waals surface area (Å²) < 4.78 is 5.51. The highest BCUT2D eigenvalue weighted by Gasteiger charge is 2.15. The van der Waals surface area contributed by atoms with Crippen molar-refractivity contribution in [3.8, 4) is 0 Å². The first-order chi connectivity index (χ1) is 8.97. The van der Waals surface area contributed by atoms with Crippen molar-refractivity contribution in [2.24, 2.45) is 0 Å². The Hall–Kier alpha value is -1.94. The second kappa shape index (κ2) is 5.36. The van der Waals surface area contributed by atoms with Crippen LogP contribution in [0.25, 0.3) is 0 Å². The summed E-state index contributed by atoms with van der Waals surface area (Å²) >= 11 is 5.90. The summed E-state index contributed by atoms with van der Waals surface area (Å²) in [4.78, 5) is 11.1. The van der Waals surface area contributed by atoms with E-state index >= 15 is 0 Å². The third-order valence-electron chi connectivity index (χ3n) is 2.77. The van der Waals surface area contributed by atoms with E-state index in [1.807, 2.05) is 26.0 Å². The first-order valence-corrected chi connectivity index (χ1v) is 6.21. The quantitative estimate of drug-likeness (QED) is 0.884. The smallest absolute Gasteiger partial charge is 0.337 e. The van der Waals surface area contributed by atoms with E-state index in [1.54, 1.807) is 12.1 Å². The van der Waals surface area contributed by atoms with Crippen molar-refractivity contribution in [2.45, 2.75) is 19.9 Å². The van der Waals surface area contributed by atoms with Crippen LogP contribution in [0.4, 0.5) is 5.69 Å². The Kier molecular flexibility index (Phi) is 3.81. The molecule has 0 aliphatic carbocycles. The number of anilines is 1. The van der Waals surface area contributed by atoms with E-state index in [4.69, 9.17) is 21.1 Å². The molecule has 0 amide bonds. The third-order valence-corrected chi connectivity index (χ3v) is 3.01. The molecular weight excluding hydrogens is 266 g/mol. The number of hydrogen-bond acceptors (Lipinski definition) is 3. The van der Waals surface area contributed by atoms with Crippen LogP contribution in [-0.4, -0.2) is 11.1 Å². The van der Waals surface area contributed by atoms with Gasteiger partial charge in [-0.3, -0.25) is 0 Å². The SMILES string of the molecule is Cc1ccc(C(C)Nc2cc(Cl)ccc2C(=O)O)o1. The lowest BCUT2D eigenvalue weighted by molar-refractivity contribution is 0.0698. The maximum absolute atomic E-state index is 11.1. The first kappa shape index (κ1) is 13.5. The Morgan fingerprint density at radius 1 is 1.37 bits per heavy atom. The molecule has 2 aromatic rings. The van der Waals surface area contributed by atoms with Crippen molar-refractivity contribution >= 4 is 23.3 Å². The zero-order valence-corrected chi connectivity index (χ0v) is 11.4. The number of rotatable bonds is 4. The standard InChI is InChI=1S/C14H14ClNO3/c1-8-3-6-13(19-8)9(2)16-12-7-10(15)4-5-11(12)14(17)18/h3-7,9,16H,1-2H3,(H,17,18). The van der Waals surface area contributed by atoms with Crippen LogP contribution in [0.5, 0.6) is 0 Å².